The van der Waals surface area contributed by atoms with Crippen molar-refractivity contribution >= 4 is 5.91 Å². The SMILES string of the molecule is CC(C)(C)c1cn([C@@H]2C[C@@H]3CN(C(=O)c4ccc[nH]4)C[C@@H]3C[C@H]2OCC2CC2)nn1. The lowest BCUT2D eigenvalue weighted by atomic mass is 9.77. The van der Waals surface area contributed by atoms with Crippen LogP contribution in [0.2, 0.25) is 0 Å². The molecule has 0 spiro atoms. The van der Waals surface area contributed by atoms with Crippen molar-refractivity contribution < 1.29 is 9.53 Å². The Hall–Kier alpha value is -2.15. The normalized spacial score (nSPS) is 29.2. The predicted molar refractivity (Wildman–Crippen MR) is 113 cm³/mol. The van der Waals surface area contributed by atoms with Crippen LogP contribution in [0.1, 0.15) is 68.7 Å². The van der Waals surface area contributed by atoms with Gasteiger partial charge in [0.25, 0.3) is 5.91 Å². The number of aromatic nitrogens is 4. The van der Waals surface area contributed by atoms with E-state index in [1.165, 1.54) is 12.8 Å². The highest BCUT2D eigenvalue weighted by atomic mass is 16.5. The molecular formula is C23H33N5O2. The molecule has 2 aromatic heterocycles. The molecule has 0 bridgehead atoms. The zero-order valence-electron chi connectivity index (χ0n) is 18.3. The molecule has 2 aliphatic carbocycles. The molecule has 4 atom stereocenters. The third-order valence-corrected chi connectivity index (χ3v) is 7.06. The quantitative estimate of drug-likeness (QED) is 0.818. The van der Waals surface area contributed by atoms with Gasteiger partial charge in [0.05, 0.1) is 17.8 Å². The number of aromatic amines is 1. The lowest BCUT2D eigenvalue weighted by Crippen LogP contribution is -2.38. The highest BCUT2D eigenvalue weighted by Crippen LogP contribution is 2.43. The lowest BCUT2D eigenvalue weighted by molar-refractivity contribution is -0.0375. The number of likely N-dealkylation sites (tertiary alicyclic amines) is 1. The van der Waals surface area contributed by atoms with Crippen LogP contribution in [0.25, 0.3) is 0 Å². The molecule has 3 aliphatic rings. The van der Waals surface area contributed by atoms with Crippen LogP contribution in [-0.4, -0.2) is 56.6 Å². The van der Waals surface area contributed by atoms with Crippen LogP contribution >= 0.6 is 0 Å². The van der Waals surface area contributed by atoms with E-state index in [1.807, 2.05) is 27.9 Å². The Bertz CT molecular complexity index is 880. The standard InChI is InChI=1S/C23H33N5O2/c1-23(2,3)21-13-28(26-25-21)19-9-16-11-27(22(29)18-5-4-8-24-18)12-17(16)10-20(19)30-14-15-6-7-15/h4-5,8,13,15-17,19-20,24H,6-7,9-12,14H2,1-3H3/t16-,17+,19-,20-/m1/s1. The monoisotopic (exact) mass is 411 g/mol. The number of hydrogen-bond acceptors (Lipinski definition) is 4. The molecule has 0 radical (unpaired) electrons. The Morgan fingerprint density at radius 3 is 2.63 bits per heavy atom. The third kappa shape index (κ3) is 3.92. The van der Waals surface area contributed by atoms with Crippen LogP contribution in [-0.2, 0) is 10.2 Å². The minimum atomic E-state index is -0.0214. The van der Waals surface area contributed by atoms with Gasteiger partial charge in [-0.25, -0.2) is 4.68 Å². The molecule has 1 saturated heterocycles. The summed E-state index contributed by atoms with van der Waals surface area (Å²) < 4.78 is 8.49. The molecule has 3 fully saturated rings. The number of fused-ring (bicyclic) bond motifs is 1. The number of H-pyrrole nitrogens is 1. The first-order chi connectivity index (χ1) is 14.4. The fourth-order valence-corrected chi connectivity index (χ4v) is 4.97. The average molecular weight is 412 g/mol. The molecule has 3 heterocycles. The first kappa shape index (κ1) is 19.8. The van der Waals surface area contributed by atoms with Gasteiger partial charge in [-0.2, -0.15) is 0 Å². The number of ether oxygens (including phenoxy) is 1. The fraction of sp³-hybridized carbons (Fsp3) is 0.696. The summed E-state index contributed by atoms with van der Waals surface area (Å²) >= 11 is 0. The molecule has 162 valence electrons. The number of rotatable bonds is 5. The van der Waals surface area contributed by atoms with Crippen molar-refractivity contribution in [3.63, 3.8) is 0 Å². The maximum Gasteiger partial charge on any atom is 0.270 e. The van der Waals surface area contributed by atoms with Crippen molar-refractivity contribution in [2.24, 2.45) is 17.8 Å². The van der Waals surface area contributed by atoms with Crippen LogP contribution in [0.4, 0.5) is 0 Å². The number of carbonyl (C=O) groups is 1. The zero-order chi connectivity index (χ0) is 20.9. The molecule has 1 N–H and O–H groups in total. The molecule has 7 heteroatoms. The highest BCUT2D eigenvalue weighted by Gasteiger charge is 2.45. The van der Waals surface area contributed by atoms with Crippen LogP contribution in [0, 0.1) is 17.8 Å². The van der Waals surface area contributed by atoms with Crippen molar-refractivity contribution in [2.45, 2.75) is 64.0 Å². The Labute approximate surface area is 178 Å². The summed E-state index contributed by atoms with van der Waals surface area (Å²) in [5.74, 6) is 1.82. The van der Waals surface area contributed by atoms with E-state index in [9.17, 15) is 4.79 Å². The van der Waals surface area contributed by atoms with Crippen molar-refractivity contribution in [2.75, 3.05) is 19.7 Å². The minimum Gasteiger partial charge on any atom is -0.376 e. The maximum atomic E-state index is 12.9. The third-order valence-electron chi connectivity index (χ3n) is 7.06. The van der Waals surface area contributed by atoms with Gasteiger partial charge >= 0.3 is 0 Å². The molecule has 2 aromatic rings. The highest BCUT2D eigenvalue weighted by molar-refractivity contribution is 5.92. The summed E-state index contributed by atoms with van der Waals surface area (Å²) in [6.07, 6.45) is 8.62. The van der Waals surface area contributed by atoms with Gasteiger partial charge in [-0.1, -0.05) is 26.0 Å². The van der Waals surface area contributed by atoms with E-state index in [-0.39, 0.29) is 23.5 Å². The number of hydrogen-bond donors (Lipinski definition) is 1. The predicted octanol–water partition coefficient (Wildman–Crippen LogP) is 3.42. The van der Waals surface area contributed by atoms with E-state index in [0.717, 1.165) is 44.1 Å². The van der Waals surface area contributed by atoms with Crippen LogP contribution in [0.3, 0.4) is 0 Å². The summed E-state index contributed by atoms with van der Waals surface area (Å²) in [5.41, 5.74) is 1.67. The summed E-state index contributed by atoms with van der Waals surface area (Å²) in [7, 11) is 0. The molecule has 2 saturated carbocycles. The van der Waals surface area contributed by atoms with Gasteiger partial charge in [0.1, 0.15) is 5.69 Å². The molecule has 0 unspecified atom stereocenters. The smallest absolute Gasteiger partial charge is 0.270 e. The average Bonchev–Trinajstić information content (AvgIpc) is 3.14. The number of amides is 1. The van der Waals surface area contributed by atoms with Gasteiger partial charge in [0.15, 0.2) is 0 Å². The minimum absolute atomic E-state index is 0.0214. The second-order valence-corrected chi connectivity index (χ2v) is 10.5. The van der Waals surface area contributed by atoms with Gasteiger partial charge in [-0.05, 0) is 55.6 Å². The number of nitrogens with zero attached hydrogens (tertiary/aromatic N) is 4. The van der Waals surface area contributed by atoms with Gasteiger partial charge in [0.2, 0.25) is 0 Å². The van der Waals surface area contributed by atoms with E-state index in [1.54, 1.807) is 0 Å². The largest absolute Gasteiger partial charge is 0.376 e. The molecule has 1 aliphatic heterocycles. The summed E-state index contributed by atoms with van der Waals surface area (Å²) in [4.78, 5) is 17.9. The van der Waals surface area contributed by atoms with E-state index in [0.29, 0.717) is 17.5 Å². The molecule has 7 nitrogen and oxygen atoms in total. The van der Waals surface area contributed by atoms with E-state index >= 15 is 0 Å². The number of carbonyl (C=O) groups excluding carboxylic acids is 1. The first-order valence-corrected chi connectivity index (χ1v) is 11.3. The van der Waals surface area contributed by atoms with Crippen molar-refractivity contribution in [3.8, 4) is 0 Å². The van der Waals surface area contributed by atoms with Gasteiger partial charge < -0.3 is 14.6 Å². The Morgan fingerprint density at radius 1 is 1.23 bits per heavy atom. The van der Waals surface area contributed by atoms with E-state index in [4.69, 9.17) is 4.74 Å². The van der Waals surface area contributed by atoms with Crippen molar-refractivity contribution in [1.29, 1.82) is 0 Å². The van der Waals surface area contributed by atoms with Gasteiger partial charge in [-0.15, -0.1) is 5.10 Å². The zero-order valence-corrected chi connectivity index (χ0v) is 18.3. The van der Waals surface area contributed by atoms with E-state index in [2.05, 4.69) is 42.3 Å². The molecule has 1 amide bonds. The van der Waals surface area contributed by atoms with Crippen LogP contribution in [0.15, 0.2) is 24.5 Å². The van der Waals surface area contributed by atoms with Crippen molar-refractivity contribution in [3.05, 3.63) is 35.9 Å². The molecular weight excluding hydrogens is 378 g/mol. The Balaban J connectivity index is 1.34. The van der Waals surface area contributed by atoms with Gasteiger partial charge in [-0.3, -0.25) is 4.79 Å². The van der Waals surface area contributed by atoms with Gasteiger partial charge in [0, 0.05) is 37.5 Å². The van der Waals surface area contributed by atoms with Crippen molar-refractivity contribution in [1.82, 2.24) is 24.9 Å². The Kier molecular flexibility index (Phi) is 4.96. The first-order valence-electron chi connectivity index (χ1n) is 11.3. The summed E-state index contributed by atoms with van der Waals surface area (Å²) in [6.45, 7) is 8.99. The maximum absolute atomic E-state index is 12.9. The van der Waals surface area contributed by atoms with E-state index < -0.39 is 0 Å². The van der Waals surface area contributed by atoms with Crippen LogP contribution < -0.4 is 0 Å². The summed E-state index contributed by atoms with van der Waals surface area (Å²) in [6, 6.07) is 3.93. The fourth-order valence-electron chi connectivity index (χ4n) is 4.97. The van der Waals surface area contributed by atoms with Crippen LogP contribution in [0.5, 0.6) is 0 Å². The molecule has 30 heavy (non-hydrogen) atoms. The molecule has 5 rings (SSSR count). The lowest BCUT2D eigenvalue weighted by Gasteiger charge is -2.37. The number of nitrogens with one attached hydrogen (secondary N) is 1. The Morgan fingerprint density at radius 2 is 2.00 bits per heavy atom. The topological polar surface area (TPSA) is 76.0 Å². The molecule has 0 aromatic carbocycles. The second-order valence-electron chi connectivity index (χ2n) is 10.5. The summed E-state index contributed by atoms with van der Waals surface area (Å²) in [5, 5.41) is 8.97. The second kappa shape index (κ2) is 7.52.